The van der Waals surface area contributed by atoms with Crippen LogP contribution in [0.4, 0.5) is 4.39 Å². The van der Waals surface area contributed by atoms with E-state index >= 15 is 0 Å². The Labute approximate surface area is 161 Å². The molecule has 0 bridgehead atoms. The molecule has 0 spiro atoms. The minimum Gasteiger partial charge on any atom is -0.341 e. The molecule has 0 aliphatic carbocycles. The summed E-state index contributed by atoms with van der Waals surface area (Å²) >= 11 is 0. The third-order valence-corrected chi connectivity index (χ3v) is 5.33. The highest BCUT2D eigenvalue weighted by atomic mass is 19.1. The van der Waals surface area contributed by atoms with Crippen LogP contribution in [0.3, 0.4) is 0 Å². The molecule has 1 heterocycles. The lowest BCUT2D eigenvalue weighted by atomic mass is 9.93. The van der Waals surface area contributed by atoms with Gasteiger partial charge in [0.25, 0.3) is 0 Å². The molecule has 1 fully saturated rings. The van der Waals surface area contributed by atoms with Crippen LogP contribution in [0.25, 0.3) is 0 Å². The monoisotopic (exact) mass is 368 g/mol. The molecule has 4 heteroatoms. The van der Waals surface area contributed by atoms with Crippen LogP contribution in [0.1, 0.15) is 43.2 Å². The van der Waals surface area contributed by atoms with Gasteiger partial charge in [0.1, 0.15) is 5.82 Å². The van der Waals surface area contributed by atoms with Crippen LogP contribution < -0.4 is 0 Å². The van der Waals surface area contributed by atoms with Crippen LogP contribution in [0, 0.1) is 5.82 Å². The van der Waals surface area contributed by atoms with Crippen LogP contribution in [-0.4, -0.2) is 41.9 Å². The number of benzene rings is 2. The predicted molar refractivity (Wildman–Crippen MR) is 107 cm³/mol. The van der Waals surface area contributed by atoms with Gasteiger partial charge in [0, 0.05) is 38.3 Å². The number of carbonyl (C=O) groups excluding carboxylic acids is 1. The molecular formula is C23H29FN2O. The van der Waals surface area contributed by atoms with Gasteiger partial charge in [0.05, 0.1) is 5.92 Å². The van der Waals surface area contributed by atoms with Crippen LogP contribution >= 0.6 is 0 Å². The Hall–Kier alpha value is -2.20. The summed E-state index contributed by atoms with van der Waals surface area (Å²) < 4.78 is 13.9. The van der Waals surface area contributed by atoms with Crippen molar-refractivity contribution in [2.45, 2.75) is 38.6 Å². The number of amides is 1. The van der Waals surface area contributed by atoms with E-state index in [-0.39, 0.29) is 17.6 Å². The zero-order valence-corrected chi connectivity index (χ0v) is 16.1. The molecule has 0 radical (unpaired) electrons. The third-order valence-electron chi connectivity index (χ3n) is 5.33. The molecule has 1 unspecified atom stereocenters. The van der Waals surface area contributed by atoms with Gasteiger partial charge in [-0.05, 0) is 24.5 Å². The molecule has 0 N–H and O–H groups in total. The molecule has 3 nitrogen and oxygen atoms in total. The summed E-state index contributed by atoms with van der Waals surface area (Å²) in [6, 6.07) is 17.1. The summed E-state index contributed by atoms with van der Waals surface area (Å²) in [5, 5.41) is 0. The van der Waals surface area contributed by atoms with E-state index in [0.29, 0.717) is 13.1 Å². The van der Waals surface area contributed by atoms with Gasteiger partial charge in [0.2, 0.25) is 5.91 Å². The highest BCUT2D eigenvalue weighted by Gasteiger charge is 2.27. The Morgan fingerprint density at radius 2 is 1.74 bits per heavy atom. The van der Waals surface area contributed by atoms with E-state index in [1.54, 1.807) is 6.07 Å². The summed E-state index contributed by atoms with van der Waals surface area (Å²) in [5.74, 6) is 0.0203. The average Bonchev–Trinajstić information content (AvgIpc) is 2.94. The minimum absolute atomic E-state index is 0.0608. The number of hydrogen-bond donors (Lipinski definition) is 0. The van der Waals surface area contributed by atoms with Gasteiger partial charge in [0.15, 0.2) is 0 Å². The van der Waals surface area contributed by atoms with E-state index in [9.17, 15) is 9.18 Å². The highest BCUT2D eigenvalue weighted by Crippen LogP contribution is 2.24. The Morgan fingerprint density at radius 1 is 1.00 bits per heavy atom. The summed E-state index contributed by atoms with van der Waals surface area (Å²) in [5.41, 5.74) is 1.84. The number of rotatable bonds is 6. The van der Waals surface area contributed by atoms with Gasteiger partial charge in [-0.25, -0.2) is 4.39 Å². The van der Waals surface area contributed by atoms with E-state index in [0.717, 1.165) is 50.0 Å². The number of hydrogen-bond acceptors (Lipinski definition) is 2. The SMILES string of the molecule is CCCC(C(=O)N1CCCN(Cc2ccccc2F)CC1)c1ccccc1. The molecule has 1 atom stereocenters. The molecule has 1 saturated heterocycles. The summed E-state index contributed by atoms with van der Waals surface area (Å²) in [7, 11) is 0. The van der Waals surface area contributed by atoms with E-state index in [1.165, 1.54) is 6.07 Å². The van der Waals surface area contributed by atoms with E-state index < -0.39 is 0 Å². The van der Waals surface area contributed by atoms with Gasteiger partial charge in [-0.1, -0.05) is 61.9 Å². The van der Waals surface area contributed by atoms with Crippen molar-refractivity contribution in [3.05, 3.63) is 71.5 Å². The predicted octanol–water partition coefficient (Wildman–Crippen LogP) is 4.44. The fourth-order valence-corrected chi connectivity index (χ4v) is 3.84. The fraction of sp³-hybridized carbons (Fsp3) is 0.435. The molecule has 2 aromatic carbocycles. The van der Waals surface area contributed by atoms with Crippen molar-refractivity contribution in [1.82, 2.24) is 9.80 Å². The molecule has 27 heavy (non-hydrogen) atoms. The second kappa shape index (κ2) is 9.65. The van der Waals surface area contributed by atoms with E-state index in [4.69, 9.17) is 0 Å². The van der Waals surface area contributed by atoms with Gasteiger partial charge < -0.3 is 4.90 Å². The molecule has 1 amide bonds. The Balaban J connectivity index is 1.64. The zero-order valence-electron chi connectivity index (χ0n) is 16.1. The lowest BCUT2D eigenvalue weighted by molar-refractivity contribution is -0.132. The maximum absolute atomic E-state index is 13.9. The molecule has 0 saturated carbocycles. The van der Waals surface area contributed by atoms with Gasteiger partial charge in [-0.15, -0.1) is 0 Å². The normalized spacial score (nSPS) is 16.7. The smallest absolute Gasteiger partial charge is 0.230 e. The van der Waals surface area contributed by atoms with Crippen molar-refractivity contribution in [3.8, 4) is 0 Å². The summed E-state index contributed by atoms with van der Waals surface area (Å²) in [6.07, 6.45) is 2.78. The van der Waals surface area contributed by atoms with Crippen molar-refractivity contribution < 1.29 is 9.18 Å². The quantitative estimate of drug-likeness (QED) is 0.752. The summed E-state index contributed by atoms with van der Waals surface area (Å²) in [4.78, 5) is 17.5. The standard InChI is InChI=1S/C23H29FN2O/c1-2-9-21(19-10-4-3-5-11-19)23(27)26-15-8-14-25(16-17-26)18-20-12-6-7-13-22(20)24/h3-7,10-13,21H,2,8-9,14-18H2,1H3. The molecule has 3 rings (SSSR count). The molecule has 1 aliphatic heterocycles. The fourth-order valence-electron chi connectivity index (χ4n) is 3.84. The first-order valence-electron chi connectivity index (χ1n) is 9.98. The van der Waals surface area contributed by atoms with Gasteiger partial charge in [-0.3, -0.25) is 9.69 Å². The average molecular weight is 368 g/mol. The maximum Gasteiger partial charge on any atom is 0.230 e. The van der Waals surface area contributed by atoms with Gasteiger partial charge >= 0.3 is 0 Å². The Bertz CT molecular complexity index is 734. The lowest BCUT2D eigenvalue weighted by Gasteiger charge is -2.27. The van der Waals surface area contributed by atoms with Crippen molar-refractivity contribution in [3.63, 3.8) is 0 Å². The van der Waals surface area contributed by atoms with E-state index in [2.05, 4.69) is 24.0 Å². The van der Waals surface area contributed by atoms with Crippen molar-refractivity contribution in [1.29, 1.82) is 0 Å². The highest BCUT2D eigenvalue weighted by molar-refractivity contribution is 5.83. The number of carbonyl (C=O) groups is 1. The van der Waals surface area contributed by atoms with Crippen LogP contribution in [0.5, 0.6) is 0 Å². The zero-order chi connectivity index (χ0) is 19.1. The number of nitrogens with zero attached hydrogens (tertiary/aromatic N) is 2. The molecule has 0 aromatic heterocycles. The van der Waals surface area contributed by atoms with Crippen molar-refractivity contribution >= 4 is 5.91 Å². The lowest BCUT2D eigenvalue weighted by Crippen LogP contribution is -2.38. The third kappa shape index (κ3) is 5.16. The molecular weight excluding hydrogens is 339 g/mol. The largest absolute Gasteiger partial charge is 0.341 e. The summed E-state index contributed by atoms with van der Waals surface area (Å²) in [6.45, 7) is 5.89. The van der Waals surface area contributed by atoms with Crippen LogP contribution in [0.15, 0.2) is 54.6 Å². The second-order valence-electron chi connectivity index (χ2n) is 7.30. The van der Waals surface area contributed by atoms with Crippen LogP contribution in [0.2, 0.25) is 0 Å². The molecule has 1 aliphatic rings. The van der Waals surface area contributed by atoms with Crippen LogP contribution in [-0.2, 0) is 11.3 Å². The minimum atomic E-state index is -0.151. The van der Waals surface area contributed by atoms with E-state index in [1.807, 2.05) is 35.2 Å². The molecule has 2 aromatic rings. The first kappa shape index (κ1) is 19.6. The first-order chi connectivity index (χ1) is 13.2. The first-order valence-corrected chi connectivity index (χ1v) is 9.98. The van der Waals surface area contributed by atoms with Crippen molar-refractivity contribution in [2.24, 2.45) is 0 Å². The molecule has 144 valence electrons. The van der Waals surface area contributed by atoms with Crippen molar-refractivity contribution in [2.75, 3.05) is 26.2 Å². The maximum atomic E-state index is 13.9. The van der Waals surface area contributed by atoms with Gasteiger partial charge in [-0.2, -0.15) is 0 Å². The topological polar surface area (TPSA) is 23.6 Å². The number of halogens is 1. The Kier molecular flexibility index (Phi) is 6.99. The second-order valence-corrected chi connectivity index (χ2v) is 7.30. The Morgan fingerprint density at radius 3 is 2.48 bits per heavy atom.